The van der Waals surface area contributed by atoms with Crippen LogP contribution < -0.4 is 0 Å². The molecule has 0 bridgehead atoms. The summed E-state index contributed by atoms with van der Waals surface area (Å²) in [5.74, 6) is -0.487. The third-order valence-corrected chi connectivity index (χ3v) is 3.87. The second kappa shape index (κ2) is 4.91. The maximum Gasteiger partial charge on any atom is 0.340 e. The minimum absolute atomic E-state index is 0.0845. The number of carbonyl (C=O) groups is 2. The number of carbonyl (C=O) groups excluding carboxylic acids is 2. The molecule has 0 aliphatic heterocycles. The van der Waals surface area contributed by atoms with Crippen LogP contribution in [0.1, 0.15) is 38.2 Å². The predicted octanol–water partition coefficient (Wildman–Crippen LogP) is 1.79. The van der Waals surface area contributed by atoms with Gasteiger partial charge in [-0.25, -0.2) is 4.79 Å². The number of ether oxygens (including phenoxy) is 1. The first-order chi connectivity index (χ1) is 8.63. The SMILES string of the molecule is CCOC(=O)c1c(C)c2sc(CO)cn2c1C=O. The molecule has 18 heavy (non-hydrogen) atoms. The number of aliphatic hydroxyl groups excluding tert-OH is 1. The summed E-state index contributed by atoms with van der Waals surface area (Å²) < 4.78 is 6.58. The molecular weight excluding hydrogens is 254 g/mol. The van der Waals surface area contributed by atoms with Gasteiger partial charge in [0.15, 0.2) is 6.29 Å². The summed E-state index contributed by atoms with van der Waals surface area (Å²) in [7, 11) is 0. The fraction of sp³-hybridized carbons (Fsp3) is 0.333. The maximum absolute atomic E-state index is 11.8. The van der Waals surface area contributed by atoms with E-state index in [9.17, 15) is 9.59 Å². The Labute approximate surface area is 108 Å². The monoisotopic (exact) mass is 267 g/mol. The molecule has 0 fully saturated rings. The molecule has 2 rings (SSSR count). The number of aryl methyl sites for hydroxylation is 1. The second-order valence-electron chi connectivity index (χ2n) is 3.75. The Kier molecular flexibility index (Phi) is 3.49. The average Bonchev–Trinajstić information content (AvgIpc) is 2.88. The van der Waals surface area contributed by atoms with Crippen molar-refractivity contribution < 1.29 is 19.4 Å². The number of hydrogen-bond acceptors (Lipinski definition) is 5. The van der Waals surface area contributed by atoms with Crippen LogP contribution in [0.4, 0.5) is 0 Å². The number of hydrogen-bond donors (Lipinski definition) is 1. The van der Waals surface area contributed by atoms with Gasteiger partial charge in [0.25, 0.3) is 0 Å². The quantitative estimate of drug-likeness (QED) is 0.677. The minimum Gasteiger partial charge on any atom is -0.462 e. The van der Waals surface area contributed by atoms with Crippen LogP contribution in [-0.4, -0.2) is 28.4 Å². The van der Waals surface area contributed by atoms with Gasteiger partial charge in [0.1, 0.15) is 10.5 Å². The zero-order valence-corrected chi connectivity index (χ0v) is 10.9. The molecular formula is C12H13NO4S. The van der Waals surface area contributed by atoms with E-state index in [1.54, 1.807) is 24.4 Å². The zero-order valence-electron chi connectivity index (χ0n) is 10.1. The lowest BCUT2D eigenvalue weighted by atomic mass is 10.2. The maximum atomic E-state index is 11.8. The highest BCUT2D eigenvalue weighted by Crippen LogP contribution is 2.29. The number of rotatable bonds is 4. The van der Waals surface area contributed by atoms with E-state index in [2.05, 4.69) is 0 Å². The molecule has 0 aliphatic rings. The van der Waals surface area contributed by atoms with Gasteiger partial charge in [-0.1, -0.05) is 0 Å². The fourth-order valence-corrected chi connectivity index (χ4v) is 2.88. The van der Waals surface area contributed by atoms with Crippen LogP contribution >= 0.6 is 11.3 Å². The van der Waals surface area contributed by atoms with E-state index < -0.39 is 5.97 Å². The van der Waals surface area contributed by atoms with E-state index >= 15 is 0 Å². The summed E-state index contributed by atoms with van der Waals surface area (Å²) in [6.45, 7) is 3.67. The Morgan fingerprint density at radius 1 is 1.61 bits per heavy atom. The second-order valence-corrected chi connectivity index (χ2v) is 4.87. The first kappa shape index (κ1) is 12.8. The molecule has 0 amide bonds. The van der Waals surface area contributed by atoms with Crippen LogP contribution in [0.25, 0.3) is 4.83 Å². The standard InChI is InChI=1S/C12H13NO4S/c1-3-17-12(16)10-7(2)11-13(9(10)6-15)4-8(5-14)18-11/h4,6,14H,3,5H2,1-2H3. The number of aldehydes is 1. The van der Waals surface area contributed by atoms with Gasteiger partial charge in [0, 0.05) is 16.6 Å². The number of aromatic nitrogens is 1. The molecule has 0 aliphatic carbocycles. The van der Waals surface area contributed by atoms with Crippen molar-refractivity contribution in [2.75, 3.05) is 6.61 Å². The van der Waals surface area contributed by atoms with Crippen molar-refractivity contribution in [1.29, 1.82) is 0 Å². The van der Waals surface area contributed by atoms with Crippen molar-refractivity contribution >= 4 is 28.4 Å². The van der Waals surface area contributed by atoms with Crippen molar-refractivity contribution in [3.05, 3.63) is 27.9 Å². The molecule has 1 N–H and O–H groups in total. The van der Waals surface area contributed by atoms with E-state index in [0.29, 0.717) is 17.4 Å². The summed E-state index contributed by atoms with van der Waals surface area (Å²) in [6.07, 6.45) is 2.31. The lowest BCUT2D eigenvalue weighted by molar-refractivity contribution is 0.0523. The van der Waals surface area contributed by atoms with Gasteiger partial charge in [0.05, 0.1) is 18.8 Å². The van der Waals surface area contributed by atoms with Crippen LogP contribution in [0.15, 0.2) is 6.20 Å². The summed E-state index contributed by atoms with van der Waals surface area (Å²) in [6, 6.07) is 0. The van der Waals surface area contributed by atoms with Gasteiger partial charge in [-0.15, -0.1) is 11.3 Å². The molecule has 0 saturated heterocycles. The molecule has 0 saturated carbocycles. The smallest absolute Gasteiger partial charge is 0.340 e. The molecule has 2 aromatic heterocycles. The fourth-order valence-electron chi connectivity index (χ4n) is 1.91. The van der Waals surface area contributed by atoms with Crippen molar-refractivity contribution in [2.45, 2.75) is 20.5 Å². The van der Waals surface area contributed by atoms with Crippen LogP contribution in [0.5, 0.6) is 0 Å². The molecule has 2 aromatic rings. The van der Waals surface area contributed by atoms with Gasteiger partial charge in [-0.2, -0.15) is 0 Å². The summed E-state index contributed by atoms with van der Waals surface area (Å²) >= 11 is 1.36. The number of nitrogens with zero attached hydrogens (tertiary/aromatic N) is 1. The molecule has 0 atom stereocenters. The lowest BCUT2D eigenvalue weighted by Gasteiger charge is -2.01. The number of aliphatic hydroxyl groups is 1. The van der Waals surface area contributed by atoms with Gasteiger partial charge >= 0.3 is 5.97 Å². The lowest BCUT2D eigenvalue weighted by Crippen LogP contribution is -2.08. The largest absolute Gasteiger partial charge is 0.462 e. The third kappa shape index (κ3) is 1.83. The Morgan fingerprint density at radius 3 is 2.89 bits per heavy atom. The summed E-state index contributed by atoms with van der Waals surface area (Å²) in [4.78, 5) is 24.5. The van der Waals surface area contributed by atoms with E-state index in [-0.39, 0.29) is 18.9 Å². The Morgan fingerprint density at radius 2 is 2.33 bits per heavy atom. The number of fused-ring (bicyclic) bond motifs is 1. The van der Waals surface area contributed by atoms with Gasteiger partial charge < -0.3 is 14.2 Å². The molecule has 96 valence electrons. The highest BCUT2D eigenvalue weighted by molar-refractivity contribution is 7.17. The summed E-state index contributed by atoms with van der Waals surface area (Å²) in [5.41, 5.74) is 1.29. The highest BCUT2D eigenvalue weighted by atomic mass is 32.1. The van der Waals surface area contributed by atoms with Crippen LogP contribution in [0.3, 0.4) is 0 Å². The Bertz CT molecular complexity index is 611. The van der Waals surface area contributed by atoms with Gasteiger partial charge in [0.2, 0.25) is 0 Å². The minimum atomic E-state index is -0.487. The van der Waals surface area contributed by atoms with Gasteiger partial charge in [-0.3, -0.25) is 4.79 Å². The van der Waals surface area contributed by atoms with E-state index in [4.69, 9.17) is 9.84 Å². The van der Waals surface area contributed by atoms with E-state index in [1.807, 2.05) is 0 Å². The zero-order chi connectivity index (χ0) is 13.3. The molecule has 0 aromatic carbocycles. The van der Waals surface area contributed by atoms with E-state index in [1.165, 1.54) is 11.3 Å². The van der Waals surface area contributed by atoms with Crippen molar-refractivity contribution in [3.63, 3.8) is 0 Å². The highest BCUT2D eigenvalue weighted by Gasteiger charge is 2.23. The topological polar surface area (TPSA) is 68.0 Å². The van der Waals surface area contributed by atoms with Crippen LogP contribution in [0.2, 0.25) is 0 Å². The molecule has 0 radical (unpaired) electrons. The van der Waals surface area contributed by atoms with Crippen molar-refractivity contribution in [2.24, 2.45) is 0 Å². The first-order valence-corrected chi connectivity index (χ1v) is 6.32. The van der Waals surface area contributed by atoms with Crippen LogP contribution in [-0.2, 0) is 11.3 Å². The Balaban J connectivity index is 2.66. The number of esters is 1. The molecule has 6 heteroatoms. The molecule has 2 heterocycles. The average molecular weight is 267 g/mol. The van der Waals surface area contributed by atoms with Crippen LogP contribution in [0, 0.1) is 6.92 Å². The first-order valence-electron chi connectivity index (χ1n) is 5.50. The summed E-state index contributed by atoms with van der Waals surface area (Å²) in [5, 5.41) is 9.09. The Hall–Kier alpha value is -1.66. The van der Waals surface area contributed by atoms with Crippen molar-refractivity contribution in [1.82, 2.24) is 4.40 Å². The predicted molar refractivity (Wildman–Crippen MR) is 67.3 cm³/mol. The number of thiazole rings is 1. The third-order valence-electron chi connectivity index (χ3n) is 2.68. The molecule has 0 unspecified atom stereocenters. The normalized spacial score (nSPS) is 10.8. The van der Waals surface area contributed by atoms with Crippen molar-refractivity contribution in [3.8, 4) is 0 Å². The van der Waals surface area contributed by atoms with E-state index in [0.717, 1.165) is 9.71 Å². The van der Waals surface area contributed by atoms with Gasteiger partial charge in [-0.05, 0) is 13.8 Å². The molecule has 0 spiro atoms. The molecule has 5 nitrogen and oxygen atoms in total.